The molecular formula is C7H11NO2. The molecule has 2 unspecified atom stereocenters. The average Bonchev–Trinajstić information content (AvgIpc) is 2.14. The molecule has 1 fully saturated rings. The summed E-state index contributed by atoms with van der Waals surface area (Å²) in [5.41, 5.74) is 5.06. The lowest BCUT2D eigenvalue weighted by molar-refractivity contribution is -0.127. The van der Waals surface area contributed by atoms with Crippen LogP contribution in [0.4, 0.5) is 0 Å². The fraction of sp³-hybridized carbons (Fsp3) is 0.714. The summed E-state index contributed by atoms with van der Waals surface area (Å²) in [7, 11) is 0. The van der Waals surface area contributed by atoms with Crippen LogP contribution in [0.5, 0.6) is 0 Å². The van der Waals surface area contributed by atoms with E-state index >= 15 is 0 Å². The molecule has 0 bridgehead atoms. The van der Waals surface area contributed by atoms with Gasteiger partial charge in [-0.15, -0.1) is 0 Å². The van der Waals surface area contributed by atoms with Gasteiger partial charge in [-0.05, 0) is 6.42 Å². The second-order valence-corrected chi connectivity index (χ2v) is 2.80. The SMILES string of the molecule is CC1C(=O)CCC1C(N)=O. The molecule has 2 atom stereocenters. The maximum absolute atomic E-state index is 10.9. The molecule has 0 heterocycles. The van der Waals surface area contributed by atoms with E-state index in [0.29, 0.717) is 12.8 Å². The van der Waals surface area contributed by atoms with Crippen molar-refractivity contribution in [2.45, 2.75) is 19.8 Å². The fourth-order valence-corrected chi connectivity index (χ4v) is 1.39. The van der Waals surface area contributed by atoms with Crippen molar-refractivity contribution in [2.24, 2.45) is 17.6 Å². The van der Waals surface area contributed by atoms with Crippen molar-refractivity contribution >= 4 is 11.7 Å². The Labute approximate surface area is 59.6 Å². The highest BCUT2D eigenvalue weighted by Crippen LogP contribution is 2.27. The van der Waals surface area contributed by atoms with Crippen LogP contribution in [0, 0.1) is 11.8 Å². The Morgan fingerprint density at radius 2 is 2.30 bits per heavy atom. The van der Waals surface area contributed by atoms with Gasteiger partial charge in [-0.25, -0.2) is 0 Å². The summed E-state index contributed by atoms with van der Waals surface area (Å²) < 4.78 is 0. The van der Waals surface area contributed by atoms with Crippen LogP contribution in [0.1, 0.15) is 19.8 Å². The number of rotatable bonds is 1. The van der Waals surface area contributed by atoms with Gasteiger partial charge in [-0.1, -0.05) is 6.92 Å². The third-order valence-electron chi connectivity index (χ3n) is 2.18. The molecule has 3 heteroatoms. The molecule has 10 heavy (non-hydrogen) atoms. The molecule has 0 spiro atoms. The van der Waals surface area contributed by atoms with Gasteiger partial charge in [0.25, 0.3) is 0 Å². The highest BCUT2D eigenvalue weighted by Gasteiger charge is 2.34. The normalized spacial score (nSPS) is 32.7. The molecule has 2 N–H and O–H groups in total. The van der Waals surface area contributed by atoms with E-state index in [4.69, 9.17) is 5.73 Å². The van der Waals surface area contributed by atoms with Crippen molar-refractivity contribution in [3.63, 3.8) is 0 Å². The zero-order chi connectivity index (χ0) is 7.72. The minimum Gasteiger partial charge on any atom is -0.369 e. The molecule has 0 aromatic heterocycles. The lowest BCUT2D eigenvalue weighted by Crippen LogP contribution is -2.26. The molecular weight excluding hydrogens is 130 g/mol. The van der Waals surface area contributed by atoms with Crippen LogP contribution >= 0.6 is 0 Å². The van der Waals surface area contributed by atoms with Crippen LogP contribution in [0.2, 0.25) is 0 Å². The van der Waals surface area contributed by atoms with E-state index in [1.807, 2.05) is 0 Å². The van der Waals surface area contributed by atoms with Crippen LogP contribution in [-0.2, 0) is 9.59 Å². The average molecular weight is 141 g/mol. The Morgan fingerprint density at radius 1 is 1.70 bits per heavy atom. The monoisotopic (exact) mass is 141 g/mol. The molecule has 0 aromatic carbocycles. The summed E-state index contributed by atoms with van der Waals surface area (Å²) in [6.07, 6.45) is 1.17. The van der Waals surface area contributed by atoms with E-state index in [1.165, 1.54) is 0 Å². The number of Topliss-reactive ketones (excluding diaryl/α,β-unsaturated/α-hetero) is 1. The molecule has 0 saturated heterocycles. The second-order valence-electron chi connectivity index (χ2n) is 2.80. The van der Waals surface area contributed by atoms with E-state index in [0.717, 1.165) is 0 Å². The number of hydrogen-bond acceptors (Lipinski definition) is 2. The largest absolute Gasteiger partial charge is 0.369 e. The van der Waals surface area contributed by atoms with E-state index in [2.05, 4.69) is 0 Å². The highest BCUT2D eigenvalue weighted by molar-refractivity contribution is 5.91. The third kappa shape index (κ3) is 1.03. The van der Waals surface area contributed by atoms with Gasteiger partial charge in [0.05, 0.1) is 0 Å². The van der Waals surface area contributed by atoms with E-state index < -0.39 is 0 Å². The van der Waals surface area contributed by atoms with Crippen molar-refractivity contribution in [2.75, 3.05) is 0 Å². The highest BCUT2D eigenvalue weighted by atomic mass is 16.1. The Bertz CT molecular complexity index is 176. The van der Waals surface area contributed by atoms with Crippen molar-refractivity contribution in [1.29, 1.82) is 0 Å². The van der Waals surface area contributed by atoms with E-state index in [9.17, 15) is 9.59 Å². The number of ketones is 1. The summed E-state index contributed by atoms with van der Waals surface area (Å²) in [4.78, 5) is 21.5. The minimum absolute atomic E-state index is 0.141. The van der Waals surface area contributed by atoms with Crippen molar-refractivity contribution in [3.8, 4) is 0 Å². The minimum atomic E-state index is -0.335. The first kappa shape index (κ1) is 7.25. The number of primary amides is 1. The summed E-state index contributed by atoms with van der Waals surface area (Å²) in [6, 6.07) is 0. The predicted molar refractivity (Wildman–Crippen MR) is 36.1 cm³/mol. The van der Waals surface area contributed by atoms with Crippen molar-refractivity contribution in [3.05, 3.63) is 0 Å². The molecule has 1 saturated carbocycles. The molecule has 3 nitrogen and oxygen atoms in total. The van der Waals surface area contributed by atoms with Crippen LogP contribution in [0.25, 0.3) is 0 Å². The maximum atomic E-state index is 10.9. The summed E-state index contributed by atoms with van der Waals surface area (Å²) in [5, 5.41) is 0. The van der Waals surface area contributed by atoms with Gasteiger partial charge >= 0.3 is 0 Å². The summed E-state index contributed by atoms with van der Waals surface area (Å²) >= 11 is 0. The van der Waals surface area contributed by atoms with Gasteiger partial charge in [-0.3, -0.25) is 9.59 Å². The molecule has 0 aromatic rings. The number of nitrogens with two attached hydrogens (primary N) is 1. The molecule has 1 aliphatic carbocycles. The van der Waals surface area contributed by atoms with Gasteiger partial charge in [-0.2, -0.15) is 0 Å². The number of hydrogen-bond donors (Lipinski definition) is 1. The van der Waals surface area contributed by atoms with Gasteiger partial charge in [0.1, 0.15) is 5.78 Å². The maximum Gasteiger partial charge on any atom is 0.221 e. The predicted octanol–water partition coefficient (Wildman–Crippen LogP) is 0.0869. The summed E-state index contributed by atoms with van der Waals surface area (Å²) in [6.45, 7) is 1.77. The van der Waals surface area contributed by atoms with Crippen molar-refractivity contribution < 1.29 is 9.59 Å². The van der Waals surface area contributed by atoms with Gasteiger partial charge < -0.3 is 5.73 Å². The molecule has 0 aliphatic heterocycles. The zero-order valence-corrected chi connectivity index (χ0v) is 5.96. The molecule has 1 rings (SSSR count). The van der Waals surface area contributed by atoms with E-state index in [-0.39, 0.29) is 23.5 Å². The second kappa shape index (κ2) is 2.40. The standard InChI is InChI=1S/C7H11NO2/c1-4-5(7(8)10)2-3-6(4)9/h4-5H,2-3H2,1H3,(H2,8,10). The van der Waals surface area contributed by atoms with Crippen LogP contribution in [0.15, 0.2) is 0 Å². The Hall–Kier alpha value is -0.860. The van der Waals surface area contributed by atoms with Gasteiger partial charge in [0, 0.05) is 18.3 Å². The topological polar surface area (TPSA) is 60.2 Å². The molecule has 1 amide bonds. The Balaban J connectivity index is 2.66. The zero-order valence-electron chi connectivity index (χ0n) is 5.96. The van der Waals surface area contributed by atoms with Crippen molar-refractivity contribution in [1.82, 2.24) is 0 Å². The third-order valence-corrected chi connectivity index (χ3v) is 2.18. The Kier molecular flexibility index (Phi) is 1.74. The molecule has 56 valence electrons. The van der Waals surface area contributed by atoms with E-state index in [1.54, 1.807) is 6.92 Å². The first-order chi connectivity index (χ1) is 4.63. The van der Waals surface area contributed by atoms with Crippen LogP contribution < -0.4 is 5.73 Å². The fourth-order valence-electron chi connectivity index (χ4n) is 1.39. The number of carbonyl (C=O) groups excluding carboxylic acids is 2. The van der Waals surface area contributed by atoms with Gasteiger partial charge in [0.2, 0.25) is 5.91 Å². The molecule has 0 radical (unpaired) electrons. The van der Waals surface area contributed by atoms with Crippen LogP contribution in [0.3, 0.4) is 0 Å². The number of amides is 1. The lowest BCUT2D eigenvalue weighted by Gasteiger charge is -2.07. The quantitative estimate of drug-likeness (QED) is 0.562. The summed E-state index contributed by atoms with van der Waals surface area (Å²) in [5.74, 6) is -0.507. The Morgan fingerprint density at radius 3 is 2.50 bits per heavy atom. The smallest absolute Gasteiger partial charge is 0.221 e. The van der Waals surface area contributed by atoms with Crippen LogP contribution in [-0.4, -0.2) is 11.7 Å². The number of carbonyl (C=O) groups is 2. The van der Waals surface area contributed by atoms with Gasteiger partial charge in [0.15, 0.2) is 0 Å². The molecule has 1 aliphatic rings. The first-order valence-electron chi connectivity index (χ1n) is 3.45. The lowest BCUT2D eigenvalue weighted by atomic mass is 9.97. The first-order valence-corrected chi connectivity index (χ1v) is 3.45.